The molecule has 1 saturated heterocycles. The second-order valence-electron chi connectivity index (χ2n) is 6.33. The van der Waals surface area contributed by atoms with Crippen LogP contribution in [0.5, 0.6) is 5.75 Å². The Kier molecular flexibility index (Phi) is 4.66. The summed E-state index contributed by atoms with van der Waals surface area (Å²) in [5.74, 6) is 0.950. The zero-order valence-electron chi connectivity index (χ0n) is 13.2. The molecule has 7 heteroatoms. The summed E-state index contributed by atoms with van der Waals surface area (Å²) >= 11 is 0. The van der Waals surface area contributed by atoms with E-state index in [0.717, 1.165) is 61.9 Å². The molecule has 1 unspecified atom stereocenters. The molecule has 1 aromatic rings. The van der Waals surface area contributed by atoms with Gasteiger partial charge in [-0.15, -0.1) is 12.4 Å². The van der Waals surface area contributed by atoms with E-state index in [-0.39, 0.29) is 24.4 Å². The first-order chi connectivity index (χ1) is 10.7. The fourth-order valence-corrected chi connectivity index (χ4v) is 3.46. The number of piperazine rings is 1. The summed E-state index contributed by atoms with van der Waals surface area (Å²) in [6.07, 6.45) is 1.05. The number of fused-ring (bicyclic) bond motifs is 3. The largest absolute Gasteiger partial charge is 0.493 e. The highest BCUT2D eigenvalue weighted by atomic mass is 35.5. The molecule has 4 rings (SSSR count). The fourth-order valence-electron chi connectivity index (χ4n) is 3.46. The second kappa shape index (κ2) is 6.55. The molecule has 0 aliphatic carbocycles. The number of anilines is 2. The smallest absolute Gasteiger partial charge is 0.246 e. The van der Waals surface area contributed by atoms with Gasteiger partial charge in [0.15, 0.2) is 0 Å². The Bertz CT molecular complexity index is 610. The van der Waals surface area contributed by atoms with Crippen molar-refractivity contribution in [2.45, 2.75) is 32.0 Å². The first kappa shape index (κ1) is 16.4. The van der Waals surface area contributed by atoms with Gasteiger partial charge >= 0.3 is 0 Å². The van der Waals surface area contributed by atoms with Gasteiger partial charge in [0.1, 0.15) is 11.8 Å². The van der Waals surface area contributed by atoms with E-state index >= 15 is 0 Å². The Morgan fingerprint density at radius 3 is 3.04 bits per heavy atom. The van der Waals surface area contributed by atoms with Gasteiger partial charge in [-0.05, 0) is 19.4 Å². The molecule has 0 aromatic heterocycles. The number of hydrogen-bond donors (Lipinski definition) is 3. The summed E-state index contributed by atoms with van der Waals surface area (Å²) in [6.45, 7) is 6.59. The Labute approximate surface area is 142 Å². The van der Waals surface area contributed by atoms with E-state index in [1.807, 2.05) is 13.0 Å². The number of carbonyl (C=O) groups is 1. The maximum atomic E-state index is 11.9. The number of nitrogens with zero attached hydrogens (tertiary/aromatic N) is 1. The summed E-state index contributed by atoms with van der Waals surface area (Å²) in [5, 5.41) is 9.67. The molecule has 2 atom stereocenters. The summed E-state index contributed by atoms with van der Waals surface area (Å²) in [4.78, 5) is 14.4. The van der Waals surface area contributed by atoms with Gasteiger partial charge in [-0.2, -0.15) is 0 Å². The Balaban J connectivity index is 0.00000156. The molecule has 0 bridgehead atoms. The van der Waals surface area contributed by atoms with Gasteiger partial charge in [0.05, 0.1) is 18.0 Å². The van der Waals surface area contributed by atoms with Gasteiger partial charge in [-0.25, -0.2) is 0 Å². The average molecular weight is 339 g/mol. The number of nitrogens with one attached hydrogen (secondary N) is 3. The van der Waals surface area contributed by atoms with Crippen molar-refractivity contribution in [2.24, 2.45) is 0 Å². The number of halogens is 1. The molecule has 1 amide bonds. The van der Waals surface area contributed by atoms with Crippen LogP contribution in [0, 0.1) is 0 Å². The van der Waals surface area contributed by atoms with Crippen LogP contribution in [-0.2, 0) is 11.3 Å². The molecule has 126 valence electrons. The number of hydrogen-bond acceptors (Lipinski definition) is 5. The van der Waals surface area contributed by atoms with Gasteiger partial charge in [-0.3, -0.25) is 9.69 Å². The molecule has 6 nitrogen and oxygen atoms in total. The van der Waals surface area contributed by atoms with E-state index in [0.29, 0.717) is 6.04 Å². The van der Waals surface area contributed by atoms with Crippen LogP contribution < -0.4 is 20.7 Å². The lowest BCUT2D eigenvalue weighted by molar-refractivity contribution is -0.116. The predicted molar refractivity (Wildman–Crippen MR) is 92.6 cm³/mol. The number of ether oxygens (including phenoxy) is 1. The van der Waals surface area contributed by atoms with E-state index < -0.39 is 0 Å². The normalized spacial score (nSPS) is 26.7. The maximum Gasteiger partial charge on any atom is 0.246 e. The lowest BCUT2D eigenvalue weighted by atomic mass is 10.0. The minimum atomic E-state index is -0.211. The number of rotatable bonds is 0. The monoisotopic (exact) mass is 338 g/mol. The molecular formula is C16H23ClN4O2. The molecule has 1 aromatic carbocycles. The number of amides is 1. The molecule has 1 fully saturated rings. The highest BCUT2D eigenvalue weighted by Crippen LogP contribution is 2.36. The van der Waals surface area contributed by atoms with Gasteiger partial charge in [0.25, 0.3) is 0 Å². The van der Waals surface area contributed by atoms with Crippen LogP contribution in [0.3, 0.4) is 0 Å². The van der Waals surface area contributed by atoms with E-state index in [1.165, 1.54) is 0 Å². The van der Waals surface area contributed by atoms with Crippen LogP contribution in [0.2, 0.25) is 0 Å². The molecule has 0 radical (unpaired) electrons. The van der Waals surface area contributed by atoms with Crippen molar-refractivity contribution in [3.8, 4) is 5.75 Å². The van der Waals surface area contributed by atoms with Crippen LogP contribution in [0.15, 0.2) is 12.1 Å². The zero-order valence-corrected chi connectivity index (χ0v) is 14.0. The van der Waals surface area contributed by atoms with E-state index in [1.54, 1.807) is 0 Å². The van der Waals surface area contributed by atoms with E-state index in [4.69, 9.17) is 4.74 Å². The first-order valence-corrected chi connectivity index (χ1v) is 8.02. The Morgan fingerprint density at radius 2 is 2.17 bits per heavy atom. The maximum absolute atomic E-state index is 11.9. The van der Waals surface area contributed by atoms with Crippen LogP contribution in [0.25, 0.3) is 0 Å². The quantitative estimate of drug-likeness (QED) is 0.667. The first-order valence-electron chi connectivity index (χ1n) is 8.02. The third-order valence-corrected chi connectivity index (χ3v) is 4.78. The van der Waals surface area contributed by atoms with Crippen molar-refractivity contribution in [3.05, 3.63) is 17.7 Å². The standard InChI is InChI=1S/C16H22N4O2.ClH/c1-10-16(21)19-13-6-11-9-20-4-3-17-8-12(20)2-5-22-15(11)7-14(13)18-10;/h6-7,10,12,17-18H,2-5,8-9H2,1H3,(H,19,21);1H/t10?,12-;/m0./s1. The molecule has 3 N–H and O–H groups in total. The summed E-state index contributed by atoms with van der Waals surface area (Å²) in [7, 11) is 0. The second-order valence-corrected chi connectivity index (χ2v) is 6.33. The number of carbonyl (C=O) groups excluding carboxylic acids is 1. The van der Waals surface area contributed by atoms with Crippen LogP contribution in [0.4, 0.5) is 11.4 Å². The summed E-state index contributed by atoms with van der Waals surface area (Å²) in [5.41, 5.74) is 2.96. The summed E-state index contributed by atoms with van der Waals surface area (Å²) in [6, 6.07) is 4.41. The Morgan fingerprint density at radius 1 is 1.30 bits per heavy atom. The van der Waals surface area contributed by atoms with Crippen molar-refractivity contribution < 1.29 is 9.53 Å². The van der Waals surface area contributed by atoms with E-state index in [9.17, 15) is 4.79 Å². The molecule has 0 spiro atoms. The van der Waals surface area contributed by atoms with Crippen molar-refractivity contribution in [1.29, 1.82) is 0 Å². The molecule has 23 heavy (non-hydrogen) atoms. The van der Waals surface area contributed by atoms with Gasteiger partial charge in [0.2, 0.25) is 5.91 Å². The van der Waals surface area contributed by atoms with Crippen LogP contribution in [0.1, 0.15) is 18.9 Å². The SMILES string of the molecule is CC1Nc2cc3c(cc2NC1=O)CN1CCNC[C@@H]1CCO3.Cl. The molecule has 0 saturated carbocycles. The zero-order chi connectivity index (χ0) is 15.1. The van der Waals surface area contributed by atoms with E-state index in [2.05, 4.69) is 26.9 Å². The average Bonchev–Trinajstić information content (AvgIpc) is 2.49. The fraction of sp³-hybridized carbons (Fsp3) is 0.562. The van der Waals surface area contributed by atoms with Crippen molar-refractivity contribution >= 4 is 29.7 Å². The highest BCUT2D eigenvalue weighted by Gasteiger charge is 2.28. The van der Waals surface area contributed by atoms with Crippen LogP contribution in [-0.4, -0.2) is 49.1 Å². The minimum absolute atomic E-state index is 0. The third-order valence-electron chi connectivity index (χ3n) is 4.78. The molecular weight excluding hydrogens is 316 g/mol. The predicted octanol–water partition coefficient (Wildman–Crippen LogP) is 1.42. The van der Waals surface area contributed by atoms with Gasteiger partial charge < -0.3 is 20.7 Å². The third kappa shape index (κ3) is 3.11. The van der Waals surface area contributed by atoms with Gasteiger partial charge in [0, 0.05) is 43.9 Å². The molecule has 3 aliphatic rings. The van der Waals surface area contributed by atoms with Gasteiger partial charge in [-0.1, -0.05) is 0 Å². The van der Waals surface area contributed by atoms with Crippen LogP contribution >= 0.6 is 12.4 Å². The van der Waals surface area contributed by atoms with Crippen molar-refractivity contribution in [3.63, 3.8) is 0 Å². The minimum Gasteiger partial charge on any atom is -0.493 e. The van der Waals surface area contributed by atoms with Crippen molar-refractivity contribution in [1.82, 2.24) is 10.2 Å². The number of benzene rings is 1. The lowest BCUT2D eigenvalue weighted by Gasteiger charge is -2.38. The summed E-state index contributed by atoms with van der Waals surface area (Å²) < 4.78 is 6.00. The highest BCUT2D eigenvalue weighted by molar-refractivity contribution is 6.03. The lowest BCUT2D eigenvalue weighted by Crippen LogP contribution is -2.51. The van der Waals surface area contributed by atoms with Crippen molar-refractivity contribution in [2.75, 3.05) is 36.9 Å². The molecule has 3 aliphatic heterocycles. The Hall–Kier alpha value is -1.50. The topological polar surface area (TPSA) is 65.6 Å². The molecule has 3 heterocycles.